The van der Waals surface area contributed by atoms with Gasteiger partial charge in [0.15, 0.2) is 5.96 Å². The van der Waals surface area contributed by atoms with Crippen molar-refractivity contribution in [2.45, 2.75) is 63.2 Å². The van der Waals surface area contributed by atoms with Gasteiger partial charge in [0.2, 0.25) is 0 Å². The van der Waals surface area contributed by atoms with Gasteiger partial charge in [-0.2, -0.15) is 11.8 Å². The second-order valence-electron chi connectivity index (χ2n) is 7.00. The summed E-state index contributed by atoms with van der Waals surface area (Å²) in [5.41, 5.74) is 0. The van der Waals surface area contributed by atoms with Crippen LogP contribution in [0.3, 0.4) is 0 Å². The van der Waals surface area contributed by atoms with Crippen LogP contribution < -0.4 is 10.6 Å². The number of hydrogen-bond donors (Lipinski definition) is 2. The predicted molar refractivity (Wildman–Crippen MR) is 116 cm³/mol. The van der Waals surface area contributed by atoms with Gasteiger partial charge in [-0.25, -0.2) is 0 Å². The first-order valence-corrected chi connectivity index (χ1v) is 10.2. The first-order valence-electron chi connectivity index (χ1n) is 9.20. The molecular formula is C17H31IN6S. The fourth-order valence-electron chi connectivity index (χ4n) is 3.49. The van der Waals surface area contributed by atoms with E-state index in [-0.39, 0.29) is 24.0 Å². The van der Waals surface area contributed by atoms with Crippen molar-refractivity contribution in [1.82, 2.24) is 25.4 Å². The fourth-order valence-corrected chi connectivity index (χ4v) is 4.73. The molecule has 6 nitrogen and oxygen atoms in total. The zero-order valence-electron chi connectivity index (χ0n) is 15.4. The molecule has 1 unspecified atom stereocenters. The predicted octanol–water partition coefficient (Wildman–Crippen LogP) is 2.62. The van der Waals surface area contributed by atoms with Crippen LogP contribution in [0.15, 0.2) is 4.99 Å². The Kier molecular flexibility index (Phi) is 8.31. The summed E-state index contributed by atoms with van der Waals surface area (Å²) in [5, 5.41) is 15.7. The lowest BCUT2D eigenvalue weighted by Gasteiger charge is -2.24. The standard InChI is InChI=1S/C17H30N6S.HI/c1-17(9-6-12-24-17)13-20-16(18-2)19-10-8-15-22-21-14-7-4-3-5-11-23(14)15;/h3-13H2,1-2H3,(H2,18,19,20);1H. The van der Waals surface area contributed by atoms with Crippen LogP contribution in [-0.4, -0.2) is 51.4 Å². The summed E-state index contributed by atoms with van der Waals surface area (Å²) >= 11 is 2.07. The van der Waals surface area contributed by atoms with E-state index in [0.29, 0.717) is 4.75 Å². The molecule has 3 heterocycles. The molecular weight excluding hydrogens is 447 g/mol. The van der Waals surface area contributed by atoms with E-state index in [4.69, 9.17) is 0 Å². The van der Waals surface area contributed by atoms with Crippen molar-refractivity contribution in [2.24, 2.45) is 4.99 Å². The molecule has 2 aliphatic rings. The number of rotatable bonds is 5. The van der Waals surface area contributed by atoms with Crippen LogP contribution in [0, 0.1) is 0 Å². The van der Waals surface area contributed by atoms with Crippen LogP contribution in [-0.2, 0) is 19.4 Å². The van der Waals surface area contributed by atoms with Crippen LogP contribution in [0.25, 0.3) is 0 Å². The quantitative estimate of drug-likeness (QED) is 0.387. The normalized spacial score (nSPS) is 23.5. The molecule has 25 heavy (non-hydrogen) atoms. The van der Waals surface area contributed by atoms with Gasteiger partial charge < -0.3 is 15.2 Å². The maximum atomic E-state index is 4.39. The number of nitrogens with one attached hydrogen (secondary N) is 2. The number of thioether (sulfide) groups is 1. The Bertz CT molecular complexity index is 567. The molecule has 8 heteroatoms. The van der Waals surface area contributed by atoms with Crippen LogP contribution in [0.1, 0.15) is 50.7 Å². The topological polar surface area (TPSA) is 67.1 Å². The lowest BCUT2D eigenvalue weighted by atomic mass is 10.1. The van der Waals surface area contributed by atoms with Gasteiger partial charge in [-0.05, 0) is 38.4 Å². The molecule has 0 aromatic carbocycles. The molecule has 2 aliphatic heterocycles. The maximum absolute atomic E-state index is 4.39. The third kappa shape index (κ3) is 5.74. The smallest absolute Gasteiger partial charge is 0.191 e. The minimum Gasteiger partial charge on any atom is -0.356 e. The molecule has 0 saturated carbocycles. The summed E-state index contributed by atoms with van der Waals surface area (Å²) in [6, 6.07) is 0. The zero-order chi connectivity index (χ0) is 16.8. The zero-order valence-corrected chi connectivity index (χ0v) is 18.5. The van der Waals surface area contributed by atoms with E-state index < -0.39 is 0 Å². The molecule has 0 amide bonds. The monoisotopic (exact) mass is 478 g/mol. The molecule has 1 aromatic heterocycles. The van der Waals surface area contributed by atoms with E-state index in [1.807, 2.05) is 7.05 Å². The Hall–Kier alpha value is -0.510. The Labute approximate surface area is 172 Å². The highest BCUT2D eigenvalue weighted by molar-refractivity contribution is 14.0. The molecule has 1 saturated heterocycles. The Morgan fingerprint density at radius 2 is 2.12 bits per heavy atom. The molecule has 0 radical (unpaired) electrons. The van der Waals surface area contributed by atoms with Crippen molar-refractivity contribution < 1.29 is 0 Å². The molecule has 0 bridgehead atoms. The number of aryl methyl sites for hydroxylation is 1. The van der Waals surface area contributed by atoms with Gasteiger partial charge in [0, 0.05) is 44.3 Å². The van der Waals surface area contributed by atoms with Gasteiger partial charge in [0.05, 0.1) is 0 Å². The van der Waals surface area contributed by atoms with Crippen molar-refractivity contribution >= 4 is 41.7 Å². The van der Waals surface area contributed by atoms with Crippen LogP contribution >= 0.6 is 35.7 Å². The number of aliphatic imine (C=N–C) groups is 1. The van der Waals surface area contributed by atoms with E-state index in [1.165, 1.54) is 37.9 Å². The van der Waals surface area contributed by atoms with E-state index >= 15 is 0 Å². The van der Waals surface area contributed by atoms with Gasteiger partial charge in [0.25, 0.3) is 0 Å². The molecule has 2 N–H and O–H groups in total. The van der Waals surface area contributed by atoms with E-state index in [2.05, 4.69) is 49.1 Å². The third-order valence-electron chi connectivity index (χ3n) is 4.98. The van der Waals surface area contributed by atoms with Crippen LogP contribution in [0.4, 0.5) is 0 Å². The van der Waals surface area contributed by atoms with Crippen molar-refractivity contribution in [3.05, 3.63) is 11.6 Å². The molecule has 0 spiro atoms. The first kappa shape index (κ1) is 20.8. The number of hydrogen-bond acceptors (Lipinski definition) is 4. The van der Waals surface area contributed by atoms with Crippen molar-refractivity contribution in [2.75, 3.05) is 25.9 Å². The fraction of sp³-hybridized carbons (Fsp3) is 0.824. The Morgan fingerprint density at radius 1 is 1.24 bits per heavy atom. The van der Waals surface area contributed by atoms with Crippen molar-refractivity contribution in [3.63, 3.8) is 0 Å². The van der Waals surface area contributed by atoms with Crippen molar-refractivity contribution in [3.8, 4) is 0 Å². The van der Waals surface area contributed by atoms with Gasteiger partial charge in [-0.15, -0.1) is 34.2 Å². The van der Waals surface area contributed by atoms with Crippen LogP contribution in [0.5, 0.6) is 0 Å². The number of halogens is 1. The number of fused-ring (bicyclic) bond motifs is 1. The summed E-state index contributed by atoms with van der Waals surface area (Å²) < 4.78 is 2.67. The van der Waals surface area contributed by atoms with Gasteiger partial charge in [0.1, 0.15) is 11.6 Å². The minimum absolute atomic E-state index is 0. The average Bonchev–Trinajstić information content (AvgIpc) is 3.10. The highest BCUT2D eigenvalue weighted by Crippen LogP contribution is 2.36. The number of guanidine groups is 1. The lowest BCUT2D eigenvalue weighted by molar-refractivity contribution is 0.581. The van der Waals surface area contributed by atoms with E-state index in [1.54, 1.807) is 0 Å². The first-order chi connectivity index (χ1) is 11.7. The second-order valence-corrected chi connectivity index (χ2v) is 8.68. The van der Waals surface area contributed by atoms with Gasteiger partial charge in [-0.1, -0.05) is 6.42 Å². The summed E-state index contributed by atoms with van der Waals surface area (Å²) in [5.74, 6) is 4.44. The highest BCUT2D eigenvalue weighted by Gasteiger charge is 2.29. The molecule has 142 valence electrons. The molecule has 1 fully saturated rings. The summed E-state index contributed by atoms with van der Waals surface area (Å²) in [6.45, 7) is 5.22. The molecule has 1 aromatic rings. The SMILES string of the molecule is CN=C(NCCc1nnc2n1CCCCC2)NCC1(C)CCCS1.I. The van der Waals surface area contributed by atoms with E-state index in [9.17, 15) is 0 Å². The van der Waals surface area contributed by atoms with Crippen molar-refractivity contribution in [1.29, 1.82) is 0 Å². The summed E-state index contributed by atoms with van der Waals surface area (Å²) in [4.78, 5) is 4.34. The largest absolute Gasteiger partial charge is 0.356 e. The van der Waals surface area contributed by atoms with Gasteiger partial charge in [-0.3, -0.25) is 4.99 Å². The molecule has 1 atom stereocenters. The third-order valence-corrected chi connectivity index (χ3v) is 6.52. The number of nitrogens with zero attached hydrogens (tertiary/aromatic N) is 4. The second kappa shape index (κ2) is 9.99. The van der Waals surface area contributed by atoms with Crippen LogP contribution in [0.2, 0.25) is 0 Å². The summed E-state index contributed by atoms with van der Waals surface area (Å²) in [6.07, 6.45) is 8.35. The number of aromatic nitrogens is 3. The summed E-state index contributed by atoms with van der Waals surface area (Å²) in [7, 11) is 1.84. The van der Waals surface area contributed by atoms with E-state index in [0.717, 1.165) is 50.1 Å². The minimum atomic E-state index is 0. The lowest BCUT2D eigenvalue weighted by Crippen LogP contribution is -2.44. The highest BCUT2D eigenvalue weighted by atomic mass is 127. The Balaban J connectivity index is 0.00000225. The maximum Gasteiger partial charge on any atom is 0.191 e. The molecule has 0 aliphatic carbocycles. The Morgan fingerprint density at radius 3 is 2.88 bits per heavy atom. The van der Waals surface area contributed by atoms with Gasteiger partial charge >= 0.3 is 0 Å². The molecule has 3 rings (SSSR count). The average molecular weight is 478 g/mol.